The fourth-order valence-electron chi connectivity index (χ4n) is 2.14. The molecule has 0 spiro atoms. The third-order valence-electron chi connectivity index (χ3n) is 3.66. The number of rotatable bonds is 7. The van der Waals surface area contributed by atoms with Crippen molar-refractivity contribution in [1.29, 1.82) is 0 Å². The molecule has 0 unspecified atom stereocenters. The van der Waals surface area contributed by atoms with E-state index in [4.69, 9.17) is 5.11 Å². The Labute approximate surface area is 121 Å². The van der Waals surface area contributed by atoms with Crippen LogP contribution in [0.2, 0.25) is 0 Å². The van der Waals surface area contributed by atoms with E-state index in [0.717, 1.165) is 31.0 Å². The third kappa shape index (κ3) is 3.36. The molecule has 1 fully saturated rings. The van der Waals surface area contributed by atoms with Gasteiger partial charge < -0.3 is 5.11 Å². The molecule has 0 heterocycles. The van der Waals surface area contributed by atoms with Crippen molar-refractivity contribution in [1.82, 2.24) is 4.72 Å². The standard InChI is InChI=1S/C12H15FN2O5S/c13-9-2-1-3-10(11(9)15(17)18)21(19,20)14-8-12(4-5-12)6-7-16/h1-3,14,16H,4-8H2. The van der Waals surface area contributed by atoms with Crippen LogP contribution in [0.15, 0.2) is 23.1 Å². The van der Waals surface area contributed by atoms with E-state index in [1.54, 1.807) is 0 Å². The molecule has 0 atom stereocenters. The highest BCUT2D eigenvalue weighted by molar-refractivity contribution is 7.89. The molecule has 2 N–H and O–H groups in total. The molecule has 1 aliphatic rings. The van der Waals surface area contributed by atoms with Crippen LogP contribution in [0.3, 0.4) is 0 Å². The van der Waals surface area contributed by atoms with Crippen molar-refractivity contribution in [2.75, 3.05) is 13.2 Å². The van der Waals surface area contributed by atoms with Crippen molar-refractivity contribution >= 4 is 15.7 Å². The van der Waals surface area contributed by atoms with Crippen LogP contribution < -0.4 is 4.72 Å². The van der Waals surface area contributed by atoms with Gasteiger partial charge in [-0.25, -0.2) is 13.1 Å². The fraction of sp³-hybridized carbons (Fsp3) is 0.500. The molecule has 1 aromatic carbocycles. The first kappa shape index (κ1) is 15.8. The molecule has 9 heteroatoms. The van der Waals surface area contributed by atoms with Gasteiger partial charge in [-0.1, -0.05) is 6.07 Å². The predicted molar refractivity (Wildman–Crippen MR) is 71.6 cm³/mol. The lowest BCUT2D eigenvalue weighted by Crippen LogP contribution is -2.31. The summed E-state index contributed by atoms with van der Waals surface area (Å²) in [5, 5.41) is 19.8. The molecule has 2 rings (SSSR count). The van der Waals surface area contributed by atoms with Crippen molar-refractivity contribution in [3.05, 3.63) is 34.1 Å². The summed E-state index contributed by atoms with van der Waals surface area (Å²) in [5.41, 5.74) is -1.35. The van der Waals surface area contributed by atoms with E-state index in [1.807, 2.05) is 0 Å². The predicted octanol–water partition coefficient (Wildman–Crippen LogP) is 1.17. The Balaban J connectivity index is 2.24. The molecule has 1 saturated carbocycles. The van der Waals surface area contributed by atoms with E-state index >= 15 is 0 Å². The Morgan fingerprint density at radius 1 is 1.43 bits per heavy atom. The number of nitro groups is 1. The number of hydrogen-bond acceptors (Lipinski definition) is 5. The summed E-state index contributed by atoms with van der Waals surface area (Å²) < 4.78 is 40.0. The normalized spacial score (nSPS) is 16.7. The van der Waals surface area contributed by atoms with Gasteiger partial charge in [-0.2, -0.15) is 4.39 Å². The van der Waals surface area contributed by atoms with Gasteiger partial charge in [0.15, 0.2) is 4.90 Å². The molecule has 7 nitrogen and oxygen atoms in total. The third-order valence-corrected chi connectivity index (χ3v) is 5.09. The van der Waals surface area contributed by atoms with E-state index in [2.05, 4.69) is 4.72 Å². The van der Waals surface area contributed by atoms with Gasteiger partial charge in [0, 0.05) is 13.2 Å². The number of sulfonamides is 1. The summed E-state index contributed by atoms with van der Waals surface area (Å²) in [6, 6.07) is 2.94. The number of aliphatic hydroxyl groups is 1. The van der Waals surface area contributed by atoms with E-state index in [0.29, 0.717) is 6.42 Å². The Bertz CT molecular complexity index is 658. The van der Waals surface area contributed by atoms with E-state index in [9.17, 15) is 22.9 Å². The maximum absolute atomic E-state index is 13.5. The molecule has 21 heavy (non-hydrogen) atoms. The van der Waals surface area contributed by atoms with Crippen molar-refractivity contribution in [3.63, 3.8) is 0 Å². The van der Waals surface area contributed by atoms with Gasteiger partial charge in [-0.15, -0.1) is 0 Å². The number of aliphatic hydroxyl groups excluding tert-OH is 1. The molecule has 0 aliphatic heterocycles. The smallest absolute Gasteiger partial charge is 0.324 e. The SMILES string of the molecule is O=[N+]([O-])c1c(F)cccc1S(=O)(=O)NCC1(CCO)CC1. The first-order valence-electron chi connectivity index (χ1n) is 6.35. The highest BCUT2D eigenvalue weighted by atomic mass is 32.2. The number of benzene rings is 1. The summed E-state index contributed by atoms with van der Waals surface area (Å²) in [6.45, 7) is 0.0192. The van der Waals surface area contributed by atoms with Crippen LogP contribution in [0.25, 0.3) is 0 Å². The molecule has 0 aromatic heterocycles. The van der Waals surface area contributed by atoms with E-state index < -0.39 is 31.3 Å². The van der Waals surface area contributed by atoms with Crippen LogP contribution >= 0.6 is 0 Å². The Morgan fingerprint density at radius 3 is 2.62 bits per heavy atom. The molecule has 0 radical (unpaired) electrons. The fourth-order valence-corrected chi connectivity index (χ4v) is 3.48. The average molecular weight is 318 g/mol. The summed E-state index contributed by atoms with van der Waals surface area (Å²) >= 11 is 0. The molecular formula is C12H15FN2O5S. The lowest BCUT2D eigenvalue weighted by Gasteiger charge is -2.14. The highest BCUT2D eigenvalue weighted by Gasteiger charge is 2.43. The minimum absolute atomic E-state index is 0.0537. The van der Waals surface area contributed by atoms with Crippen molar-refractivity contribution in [3.8, 4) is 0 Å². The maximum atomic E-state index is 13.5. The molecule has 0 bridgehead atoms. The molecule has 1 aliphatic carbocycles. The second-order valence-electron chi connectivity index (χ2n) is 5.14. The largest absolute Gasteiger partial charge is 0.396 e. The average Bonchev–Trinajstić information content (AvgIpc) is 3.17. The van der Waals surface area contributed by atoms with Crippen LogP contribution in [-0.4, -0.2) is 31.6 Å². The molecule has 1 aromatic rings. The molecule has 0 amide bonds. The molecule has 0 saturated heterocycles. The molecule has 116 valence electrons. The van der Waals surface area contributed by atoms with Crippen LogP contribution in [0.5, 0.6) is 0 Å². The zero-order valence-electron chi connectivity index (χ0n) is 11.1. The van der Waals surface area contributed by atoms with Crippen LogP contribution in [-0.2, 0) is 10.0 Å². The van der Waals surface area contributed by atoms with Gasteiger partial charge >= 0.3 is 5.69 Å². The summed E-state index contributed by atoms with van der Waals surface area (Å²) in [4.78, 5) is 9.11. The minimum Gasteiger partial charge on any atom is -0.396 e. The van der Waals surface area contributed by atoms with Crippen molar-refractivity contribution in [2.24, 2.45) is 5.41 Å². The highest BCUT2D eigenvalue weighted by Crippen LogP contribution is 2.48. The minimum atomic E-state index is -4.18. The lowest BCUT2D eigenvalue weighted by molar-refractivity contribution is -0.390. The zero-order valence-corrected chi connectivity index (χ0v) is 11.9. The van der Waals surface area contributed by atoms with E-state index in [-0.39, 0.29) is 18.6 Å². The van der Waals surface area contributed by atoms with Crippen molar-refractivity contribution < 1.29 is 22.8 Å². The van der Waals surface area contributed by atoms with Gasteiger partial charge in [-0.05, 0) is 36.8 Å². The number of hydrogen-bond donors (Lipinski definition) is 2. The van der Waals surface area contributed by atoms with Crippen LogP contribution in [0, 0.1) is 21.3 Å². The molecular weight excluding hydrogens is 303 g/mol. The van der Waals surface area contributed by atoms with Crippen LogP contribution in [0.4, 0.5) is 10.1 Å². The maximum Gasteiger partial charge on any atom is 0.324 e. The van der Waals surface area contributed by atoms with Crippen molar-refractivity contribution in [2.45, 2.75) is 24.2 Å². The number of nitrogens with one attached hydrogen (secondary N) is 1. The number of nitro benzene ring substituents is 1. The second-order valence-corrected chi connectivity index (χ2v) is 6.88. The Kier molecular flexibility index (Phi) is 4.26. The summed E-state index contributed by atoms with van der Waals surface area (Å²) in [5.74, 6) is -1.20. The number of halogens is 1. The lowest BCUT2D eigenvalue weighted by atomic mass is 10.0. The van der Waals surface area contributed by atoms with Gasteiger partial charge in [0.1, 0.15) is 0 Å². The van der Waals surface area contributed by atoms with E-state index in [1.165, 1.54) is 0 Å². The first-order chi connectivity index (χ1) is 9.81. The first-order valence-corrected chi connectivity index (χ1v) is 7.83. The summed E-state index contributed by atoms with van der Waals surface area (Å²) in [7, 11) is -4.18. The zero-order chi connectivity index (χ0) is 15.7. The van der Waals surface area contributed by atoms with Gasteiger partial charge in [0.2, 0.25) is 15.8 Å². The Hall–Kier alpha value is -1.58. The van der Waals surface area contributed by atoms with Gasteiger partial charge in [-0.3, -0.25) is 10.1 Å². The monoisotopic (exact) mass is 318 g/mol. The van der Waals surface area contributed by atoms with Gasteiger partial charge in [0.05, 0.1) is 4.92 Å². The van der Waals surface area contributed by atoms with Crippen LogP contribution in [0.1, 0.15) is 19.3 Å². The number of nitrogens with zero attached hydrogens (tertiary/aromatic N) is 1. The van der Waals surface area contributed by atoms with Gasteiger partial charge in [0.25, 0.3) is 0 Å². The quantitative estimate of drug-likeness (QED) is 0.579. The summed E-state index contributed by atoms with van der Waals surface area (Å²) in [6.07, 6.45) is 2.02. The Morgan fingerprint density at radius 2 is 2.10 bits per heavy atom. The second kappa shape index (κ2) is 5.66. The topological polar surface area (TPSA) is 110 Å². The number of para-hydroxylation sites is 1.